The quantitative estimate of drug-likeness (QED) is 0.859. The largest absolute Gasteiger partial charge is 0.365 e. The maximum atomic E-state index is 12.1. The molecule has 120 valence electrons. The first-order valence-electron chi connectivity index (χ1n) is 7.30. The number of anilines is 2. The molecule has 2 heterocycles. The number of nitrogens with one attached hydrogen (secondary N) is 2. The molecule has 1 amide bonds. The number of para-hydroxylation sites is 2. The van der Waals surface area contributed by atoms with E-state index in [9.17, 15) is 13.2 Å². The van der Waals surface area contributed by atoms with Gasteiger partial charge in [-0.15, -0.1) is 0 Å². The number of hydrogen-bond acceptors (Lipinski definition) is 4. The van der Waals surface area contributed by atoms with Crippen LogP contribution in [0, 0.1) is 0 Å². The minimum atomic E-state index is -3.57. The molecule has 1 fully saturated rings. The van der Waals surface area contributed by atoms with Gasteiger partial charge in [-0.2, -0.15) is 8.42 Å². The molecule has 0 spiro atoms. The molecule has 3 rings (SSSR count). The Kier molecular flexibility index (Phi) is 3.96. The predicted octanol–water partition coefficient (Wildman–Crippen LogP) is 0.847. The molecular weight excluding hydrogens is 306 g/mol. The summed E-state index contributed by atoms with van der Waals surface area (Å²) in [4.78, 5) is 12.0. The topological polar surface area (TPSA) is 87.7 Å². The highest BCUT2D eigenvalue weighted by molar-refractivity contribution is 7.94. The smallest absolute Gasteiger partial charge is 0.324 e. The molecule has 8 heteroatoms. The number of fused-ring (bicyclic) bond motifs is 1. The highest BCUT2D eigenvalue weighted by atomic mass is 32.2. The first-order chi connectivity index (χ1) is 10.5. The van der Waals surface area contributed by atoms with Crippen molar-refractivity contribution in [2.24, 2.45) is 0 Å². The Morgan fingerprint density at radius 1 is 1.41 bits per heavy atom. The second kappa shape index (κ2) is 5.77. The average molecular weight is 325 g/mol. The molecule has 2 aliphatic rings. The lowest BCUT2D eigenvalue weighted by Crippen LogP contribution is -2.41. The van der Waals surface area contributed by atoms with E-state index in [0.29, 0.717) is 17.8 Å². The van der Waals surface area contributed by atoms with Crippen molar-refractivity contribution in [1.29, 1.82) is 0 Å². The van der Waals surface area contributed by atoms with E-state index >= 15 is 0 Å². The van der Waals surface area contributed by atoms with Gasteiger partial charge < -0.3 is 10.1 Å². The predicted molar refractivity (Wildman–Crippen MR) is 82.9 cm³/mol. The van der Waals surface area contributed by atoms with Crippen molar-refractivity contribution in [3.05, 3.63) is 24.3 Å². The molecule has 0 radical (unpaired) electrons. The third-order valence-corrected chi connectivity index (χ3v) is 5.28. The minimum absolute atomic E-state index is 0.103. The van der Waals surface area contributed by atoms with Crippen molar-refractivity contribution in [1.82, 2.24) is 5.32 Å². The summed E-state index contributed by atoms with van der Waals surface area (Å²) >= 11 is 0. The van der Waals surface area contributed by atoms with Crippen LogP contribution in [0.25, 0.3) is 0 Å². The van der Waals surface area contributed by atoms with Gasteiger partial charge in [0.2, 0.25) is 5.91 Å². The van der Waals surface area contributed by atoms with E-state index in [1.165, 1.54) is 4.31 Å². The Balaban J connectivity index is 1.58. The zero-order valence-electron chi connectivity index (χ0n) is 12.3. The molecule has 1 aromatic rings. The van der Waals surface area contributed by atoms with Crippen molar-refractivity contribution in [3.63, 3.8) is 0 Å². The third-order valence-electron chi connectivity index (χ3n) is 3.84. The van der Waals surface area contributed by atoms with E-state index in [1.807, 2.05) is 6.92 Å². The highest BCUT2D eigenvalue weighted by Gasteiger charge is 2.32. The van der Waals surface area contributed by atoms with Crippen LogP contribution in [0.2, 0.25) is 0 Å². The van der Waals surface area contributed by atoms with Gasteiger partial charge in [0.05, 0.1) is 24.0 Å². The number of benzene rings is 1. The molecule has 0 aromatic heterocycles. The number of rotatable bonds is 4. The maximum Gasteiger partial charge on any atom is 0.324 e. The standard InChI is InChI=1S/C14H19N3O4S/c1-10-6-7-13(21-10)14(18)15-8-9-17-12-5-3-2-4-11(12)16-22(17,19)20/h2-5,10,13,16H,6-9H2,1H3,(H,15,18)/t10-,13-/m1/s1. The first kappa shape index (κ1) is 15.1. The second-order valence-electron chi connectivity index (χ2n) is 5.50. The van der Waals surface area contributed by atoms with E-state index in [4.69, 9.17) is 4.74 Å². The van der Waals surface area contributed by atoms with E-state index < -0.39 is 16.3 Å². The molecule has 2 N–H and O–H groups in total. The van der Waals surface area contributed by atoms with Crippen LogP contribution in [0.4, 0.5) is 11.4 Å². The van der Waals surface area contributed by atoms with Gasteiger partial charge in [0.1, 0.15) is 6.10 Å². The number of hydrogen-bond donors (Lipinski definition) is 2. The molecule has 2 aliphatic heterocycles. The SMILES string of the molecule is C[C@@H]1CC[C@H](C(=O)NCCN2c3ccccc3NS2(=O)=O)O1. The van der Waals surface area contributed by atoms with Crippen molar-refractivity contribution >= 4 is 27.5 Å². The van der Waals surface area contributed by atoms with E-state index in [0.717, 1.165) is 6.42 Å². The summed E-state index contributed by atoms with van der Waals surface area (Å²) < 4.78 is 33.4. The van der Waals surface area contributed by atoms with Crippen LogP contribution in [-0.2, 0) is 19.7 Å². The molecular formula is C14H19N3O4S. The van der Waals surface area contributed by atoms with E-state index in [1.54, 1.807) is 24.3 Å². The average Bonchev–Trinajstić information content (AvgIpc) is 3.00. The van der Waals surface area contributed by atoms with Gasteiger partial charge in [-0.25, -0.2) is 4.31 Å². The molecule has 0 saturated carbocycles. The summed E-state index contributed by atoms with van der Waals surface area (Å²) in [6.07, 6.45) is 1.26. The van der Waals surface area contributed by atoms with Gasteiger partial charge in [-0.1, -0.05) is 12.1 Å². The maximum absolute atomic E-state index is 12.1. The van der Waals surface area contributed by atoms with Crippen LogP contribution in [0.15, 0.2) is 24.3 Å². The lowest BCUT2D eigenvalue weighted by molar-refractivity contribution is -0.131. The monoisotopic (exact) mass is 325 g/mol. The number of carbonyl (C=O) groups excluding carboxylic acids is 1. The van der Waals surface area contributed by atoms with Crippen LogP contribution in [0.3, 0.4) is 0 Å². The van der Waals surface area contributed by atoms with E-state index in [2.05, 4.69) is 10.0 Å². The van der Waals surface area contributed by atoms with Crippen LogP contribution < -0.4 is 14.3 Å². The summed E-state index contributed by atoms with van der Waals surface area (Å²) in [7, 11) is -3.57. The zero-order valence-corrected chi connectivity index (χ0v) is 13.1. The van der Waals surface area contributed by atoms with Crippen LogP contribution >= 0.6 is 0 Å². The Morgan fingerprint density at radius 3 is 2.91 bits per heavy atom. The minimum Gasteiger partial charge on any atom is -0.365 e. The van der Waals surface area contributed by atoms with Gasteiger partial charge in [-0.05, 0) is 31.9 Å². The summed E-state index contributed by atoms with van der Waals surface area (Å²) in [6.45, 7) is 2.36. The molecule has 0 unspecified atom stereocenters. The third kappa shape index (κ3) is 2.89. The van der Waals surface area contributed by atoms with Gasteiger partial charge in [0.25, 0.3) is 0 Å². The molecule has 1 aromatic carbocycles. The summed E-state index contributed by atoms with van der Waals surface area (Å²) in [5, 5.41) is 2.74. The fraction of sp³-hybridized carbons (Fsp3) is 0.500. The Morgan fingerprint density at radius 2 is 2.18 bits per heavy atom. The van der Waals surface area contributed by atoms with Crippen LogP contribution in [0.5, 0.6) is 0 Å². The summed E-state index contributed by atoms with van der Waals surface area (Å²) in [6, 6.07) is 6.99. The summed E-state index contributed by atoms with van der Waals surface area (Å²) in [5.41, 5.74) is 1.16. The normalized spacial score (nSPS) is 25.6. The van der Waals surface area contributed by atoms with Gasteiger partial charge in [0.15, 0.2) is 0 Å². The fourth-order valence-corrected chi connectivity index (χ4v) is 4.04. The molecule has 1 saturated heterocycles. The Labute approximate surface area is 129 Å². The van der Waals surface area contributed by atoms with Crippen molar-refractivity contribution in [2.45, 2.75) is 32.0 Å². The van der Waals surface area contributed by atoms with Crippen molar-refractivity contribution in [3.8, 4) is 0 Å². The van der Waals surface area contributed by atoms with Crippen molar-refractivity contribution < 1.29 is 17.9 Å². The van der Waals surface area contributed by atoms with Crippen LogP contribution in [0.1, 0.15) is 19.8 Å². The van der Waals surface area contributed by atoms with Gasteiger partial charge in [-0.3, -0.25) is 9.52 Å². The Hall–Kier alpha value is -1.80. The first-order valence-corrected chi connectivity index (χ1v) is 8.74. The molecule has 0 aliphatic carbocycles. The summed E-state index contributed by atoms with van der Waals surface area (Å²) in [5.74, 6) is -0.179. The molecule has 0 bridgehead atoms. The zero-order chi connectivity index (χ0) is 15.7. The molecule has 2 atom stereocenters. The molecule has 22 heavy (non-hydrogen) atoms. The highest BCUT2D eigenvalue weighted by Crippen LogP contribution is 2.34. The lowest BCUT2D eigenvalue weighted by Gasteiger charge is -2.18. The van der Waals surface area contributed by atoms with Gasteiger partial charge >= 0.3 is 10.2 Å². The van der Waals surface area contributed by atoms with E-state index in [-0.39, 0.29) is 25.1 Å². The van der Waals surface area contributed by atoms with Gasteiger partial charge in [0, 0.05) is 6.54 Å². The number of nitrogens with zero attached hydrogens (tertiary/aromatic N) is 1. The lowest BCUT2D eigenvalue weighted by atomic mass is 10.2. The number of ether oxygens (including phenoxy) is 1. The van der Waals surface area contributed by atoms with Crippen molar-refractivity contribution in [2.75, 3.05) is 22.1 Å². The second-order valence-corrected chi connectivity index (χ2v) is 7.10. The fourth-order valence-electron chi connectivity index (χ4n) is 2.73. The number of carbonyl (C=O) groups is 1. The van der Waals surface area contributed by atoms with Crippen LogP contribution in [-0.4, -0.2) is 39.6 Å². The Bertz CT molecular complexity index is 676. The molecule has 7 nitrogen and oxygen atoms in total. The number of amides is 1.